The van der Waals surface area contributed by atoms with Gasteiger partial charge >= 0.3 is 0 Å². The topological polar surface area (TPSA) is 38.5 Å². The molecular formula is C10H24N2O. The molecule has 0 saturated carbocycles. The highest BCUT2D eigenvalue weighted by Gasteiger charge is 2.15. The molecule has 80 valence electrons. The van der Waals surface area contributed by atoms with Crippen LogP contribution in [0.4, 0.5) is 0 Å². The van der Waals surface area contributed by atoms with E-state index in [1.54, 1.807) is 7.11 Å². The van der Waals surface area contributed by atoms with Gasteiger partial charge in [-0.25, -0.2) is 0 Å². The Labute approximate surface area is 82.2 Å². The highest BCUT2D eigenvalue weighted by Crippen LogP contribution is 2.14. The van der Waals surface area contributed by atoms with Gasteiger partial charge in [-0.15, -0.1) is 0 Å². The first-order valence-corrected chi connectivity index (χ1v) is 4.80. The Balaban J connectivity index is 3.79. The predicted octanol–water partition coefficient (Wildman–Crippen LogP) is 0.938. The van der Waals surface area contributed by atoms with Crippen LogP contribution in [0.25, 0.3) is 0 Å². The second-order valence-electron chi connectivity index (χ2n) is 4.85. The average molecular weight is 188 g/mol. The first-order chi connectivity index (χ1) is 5.89. The maximum Gasteiger partial charge on any atom is 0.0820 e. The minimum atomic E-state index is 0.160. The van der Waals surface area contributed by atoms with Gasteiger partial charge in [0.1, 0.15) is 0 Å². The molecule has 1 atom stereocenters. The van der Waals surface area contributed by atoms with E-state index in [1.165, 1.54) is 0 Å². The molecule has 0 aromatic heterocycles. The lowest BCUT2D eigenvalue weighted by Crippen LogP contribution is -2.39. The molecule has 0 spiro atoms. The lowest BCUT2D eigenvalue weighted by atomic mass is 9.96. The van der Waals surface area contributed by atoms with Crippen molar-refractivity contribution >= 4 is 0 Å². The van der Waals surface area contributed by atoms with E-state index in [1.807, 2.05) is 0 Å². The molecule has 13 heavy (non-hydrogen) atoms. The zero-order chi connectivity index (χ0) is 10.5. The van der Waals surface area contributed by atoms with Gasteiger partial charge in [-0.1, -0.05) is 20.8 Å². The SMILES string of the molecule is COC(CN)CN(C)CC(C)(C)C. The maximum absolute atomic E-state index is 5.54. The van der Waals surface area contributed by atoms with Crippen LogP contribution in [-0.2, 0) is 4.74 Å². The van der Waals surface area contributed by atoms with E-state index >= 15 is 0 Å². The summed E-state index contributed by atoms with van der Waals surface area (Å²) in [6.45, 7) is 9.25. The van der Waals surface area contributed by atoms with Crippen molar-refractivity contribution in [1.82, 2.24) is 4.90 Å². The molecule has 0 saturated heterocycles. The quantitative estimate of drug-likeness (QED) is 0.698. The monoisotopic (exact) mass is 188 g/mol. The molecule has 3 nitrogen and oxygen atoms in total. The van der Waals surface area contributed by atoms with Crippen LogP contribution in [0.15, 0.2) is 0 Å². The molecule has 0 aliphatic carbocycles. The summed E-state index contributed by atoms with van der Waals surface area (Å²) in [4.78, 5) is 2.26. The molecule has 3 heteroatoms. The number of ether oxygens (including phenoxy) is 1. The van der Waals surface area contributed by atoms with E-state index in [-0.39, 0.29) is 6.10 Å². The number of likely N-dealkylation sites (N-methyl/N-ethyl adjacent to an activating group) is 1. The highest BCUT2D eigenvalue weighted by molar-refractivity contribution is 4.70. The Kier molecular flexibility index (Phi) is 5.53. The summed E-state index contributed by atoms with van der Waals surface area (Å²) in [5.74, 6) is 0. The van der Waals surface area contributed by atoms with Crippen LogP contribution in [0.2, 0.25) is 0 Å². The molecule has 0 radical (unpaired) electrons. The molecule has 0 rings (SSSR count). The van der Waals surface area contributed by atoms with E-state index in [4.69, 9.17) is 10.5 Å². The molecule has 0 amide bonds. The summed E-state index contributed by atoms with van der Waals surface area (Å²) in [5, 5.41) is 0. The van der Waals surface area contributed by atoms with Gasteiger partial charge in [-0.3, -0.25) is 0 Å². The van der Waals surface area contributed by atoms with Crippen LogP contribution in [0, 0.1) is 5.41 Å². The van der Waals surface area contributed by atoms with E-state index in [0.717, 1.165) is 13.1 Å². The first-order valence-electron chi connectivity index (χ1n) is 4.80. The molecule has 0 aromatic rings. The molecule has 1 unspecified atom stereocenters. The van der Waals surface area contributed by atoms with Crippen molar-refractivity contribution in [1.29, 1.82) is 0 Å². The van der Waals surface area contributed by atoms with Gasteiger partial charge in [0.05, 0.1) is 6.10 Å². The second-order valence-corrected chi connectivity index (χ2v) is 4.85. The summed E-state index contributed by atoms with van der Waals surface area (Å²) >= 11 is 0. The van der Waals surface area contributed by atoms with E-state index in [2.05, 4.69) is 32.7 Å². The summed E-state index contributed by atoms with van der Waals surface area (Å²) in [7, 11) is 3.81. The van der Waals surface area contributed by atoms with Gasteiger partial charge in [0.15, 0.2) is 0 Å². The number of nitrogens with two attached hydrogens (primary N) is 1. The molecule has 0 aliphatic heterocycles. The fourth-order valence-electron chi connectivity index (χ4n) is 1.47. The van der Waals surface area contributed by atoms with Gasteiger partial charge in [0.25, 0.3) is 0 Å². The third-order valence-electron chi connectivity index (χ3n) is 1.86. The van der Waals surface area contributed by atoms with E-state index in [9.17, 15) is 0 Å². The van der Waals surface area contributed by atoms with Crippen molar-refractivity contribution < 1.29 is 4.74 Å². The van der Waals surface area contributed by atoms with Crippen LogP contribution in [-0.4, -0.2) is 44.8 Å². The van der Waals surface area contributed by atoms with Gasteiger partial charge in [-0.05, 0) is 12.5 Å². The standard InChI is InChI=1S/C10H24N2O/c1-10(2,3)8-12(4)7-9(6-11)13-5/h9H,6-8,11H2,1-5H3. The van der Waals surface area contributed by atoms with Crippen molar-refractivity contribution in [3.63, 3.8) is 0 Å². The summed E-state index contributed by atoms with van der Waals surface area (Å²) < 4.78 is 5.22. The molecule has 0 bridgehead atoms. The largest absolute Gasteiger partial charge is 0.379 e. The minimum Gasteiger partial charge on any atom is -0.379 e. The number of rotatable bonds is 5. The van der Waals surface area contributed by atoms with Crippen molar-refractivity contribution in [2.45, 2.75) is 26.9 Å². The Morgan fingerprint density at radius 3 is 2.23 bits per heavy atom. The van der Waals surface area contributed by atoms with Crippen LogP contribution < -0.4 is 5.73 Å². The minimum absolute atomic E-state index is 0.160. The molecule has 0 heterocycles. The van der Waals surface area contributed by atoms with E-state index < -0.39 is 0 Å². The Bertz CT molecular complexity index is 127. The molecule has 0 aromatic carbocycles. The normalized spacial score (nSPS) is 15.0. The number of nitrogens with zero attached hydrogens (tertiary/aromatic N) is 1. The van der Waals surface area contributed by atoms with Crippen LogP contribution in [0.1, 0.15) is 20.8 Å². The zero-order valence-corrected chi connectivity index (χ0v) is 9.63. The fourth-order valence-corrected chi connectivity index (χ4v) is 1.47. The van der Waals surface area contributed by atoms with Crippen molar-refractivity contribution in [3.8, 4) is 0 Å². The third-order valence-corrected chi connectivity index (χ3v) is 1.86. The van der Waals surface area contributed by atoms with E-state index in [0.29, 0.717) is 12.0 Å². The summed E-state index contributed by atoms with van der Waals surface area (Å²) in [5.41, 5.74) is 5.88. The lowest BCUT2D eigenvalue weighted by molar-refractivity contribution is 0.0683. The van der Waals surface area contributed by atoms with Crippen molar-refractivity contribution in [2.24, 2.45) is 11.1 Å². The van der Waals surface area contributed by atoms with Crippen molar-refractivity contribution in [3.05, 3.63) is 0 Å². The van der Waals surface area contributed by atoms with Crippen LogP contribution >= 0.6 is 0 Å². The summed E-state index contributed by atoms with van der Waals surface area (Å²) in [6, 6.07) is 0. The molecule has 0 fully saturated rings. The van der Waals surface area contributed by atoms with Gasteiger partial charge in [-0.2, -0.15) is 0 Å². The third kappa shape index (κ3) is 6.99. The Morgan fingerprint density at radius 1 is 1.38 bits per heavy atom. The fraction of sp³-hybridized carbons (Fsp3) is 1.00. The number of hydrogen-bond acceptors (Lipinski definition) is 3. The smallest absolute Gasteiger partial charge is 0.0820 e. The average Bonchev–Trinajstić information content (AvgIpc) is 1.96. The lowest BCUT2D eigenvalue weighted by Gasteiger charge is -2.28. The number of methoxy groups -OCH3 is 1. The van der Waals surface area contributed by atoms with Gasteiger partial charge in [0.2, 0.25) is 0 Å². The van der Waals surface area contributed by atoms with Crippen LogP contribution in [0.5, 0.6) is 0 Å². The van der Waals surface area contributed by atoms with Crippen molar-refractivity contribution in [2.75, 3.05) is 33.8 Å². The van der Waals surface area contributed by atoms with Gasteiger partial charge < -0.3 is 15.4 Å². The predicted molar refractivity (Wildman–Crippen MR) is 56.8 cm³/mol. The first kappa shape index (κ1) is 12.9. The van der Waals surface area contributed by atoms with Crippen LogP contribution in [0.3, 0.4) is 0 Å². The second kappa shape index (κ2) is 5.58. The molecule has 2 N–H and O–H groups in total. The highest BCUT2D eigenvalue weighted by atomic mass is 16.5. The van der Waals surface area contributed by atoms with Gasteiger partial charge in [0, 0.05) is 26.7 Å². The zero-order valence-electron chi connectivity index (χ0n) is 9.63. The number of hydrogen-bond donors (Lipinski definition) is 1. The summed E-state index contributed by atoms with van der Waals surface area (Å²) in [6.07, 6.45) is 0.160. The molecule has 0 aliphatic rings. The Hall–Kier alpha value is -0.120. The maximum atomic E-state index is 5.54. The molecular weight excluding hydrogens is 164 g/mol. The Morgan fingerprint density at radius 2 is 1.92 bits per heavy atom.